The Morgan fingerprint density at radius 2 is 2.12 bits per heavy atom. The highest BCUT2D eigenvalue weighted by Crippen LogP contribution is 2.33. The van der Waals surface area contributed by atoms with Crippen LogP contribution in [0, 0.1) is 17.8 Å². The second-order valence-corrected chi connectivity index (χ2v) is 5.44. The molecule has 0 bridgehead atoms. The predicted octanol–water partition coefficient (Wildman–Crippen LogP) is 1.91. The summed E-state index contributed by atoms with van der Waals surface area (Å²) >= 11 is 0. The van der Waals surface area contributed by atoms with Gasteiger partial charge in [-0.05, 0) is 31.1 Å². The highest BCUT2D eigenvalue weighted by molar-refractivity contribution is 5.78. The van der Waals surface area contributed by atoms with Crippen molar-refractivity contribution in [3.05, 3.63) is 0 Å². The van der Waals surface area contributed by atoms with E-state index in [1.54, 1.807) is 0 Å². The van der Waals surface area contributed by atoms with Crippen molar-refractivity contribution in [1.82, 2.24) is 5.32 Å². The van der Waals surface area contributed by atoms with E-state index < -0.39 is 0 Å². The van der Waals surface area contributed by atoms with Crippen LogP contribution < -0.4 is 11.1 Å². The molecule has 1 rings (SSSR count). The monoisotopic (exact) mass is 226 g/mol. The van der Waals surface area contributed by atoms with Crippen LogP contribution in [0.3, 0.4) is 0 Å². The molecular weight excluding hydrogens is 200 g/mol. The number of nitrogens with two attached hydrogens (primary N) is 1. The van der Waals surface area contributed by atoms with E-state index >= 15 is 0 Å². The molecule has 0 heterocycles. The molecule has 1 atom stereocenters. The lowest BCUT2D eigenvalue weighted by Gasteiger charge is -2.16. The maximum Gasteiger partial charge on any atom is 0.224 e. The van der Waals surface area contributed by atoms with E-state index in [4.69, 9.17) is 5.73 Å². The average molecular weight is 226 g/mol. The van der Waals surface area contributed by atoms with Crippen LogP contribution >= 0.6 is 0 Å². The van der Waals surface area contributed by atoms with Gasteiger partial charge in [0, 0.05) is 13.1 Å². The van der Waals surface area contributed by atoms with Gasteiger partial charge in [0.15, 0.2) is 0 Å². The first-order valence-corrected chi connectivity index (χ1v) is 6.61. The third-order valence-corrected chi connectivity index (χ3v) is 3.20. The van der Waals surface area contributed by atoms with Gasteiger partial charge in [0.25, 0.3) is 0 Å². The Morgan fingerprint density at radius 3 is 2.62 bits per heavy atom. The molecule has 3 N–H and O–H groups in total. The van der Waals surface area contributed by atoms with Crippen LogP contribution in [0.1, 0.15) is 46.0 Å². The molecule has 0 aromatic carbocycles. The van der Waals surface area contributed by atoms with Gasteiger partial charge in [0.1, 0.15) is 0 Å². The van der Waals surface area contributed by atoms with Crippen molar-refractivity contribution >= 4 is 5.91 Å². The Labute approximate surface area is 99.2 Å². The molecular formula is C13H26N2O. The van der Waals surface area contributed by atoms with Crippen molar-refractivity contribution < 1.29 is 4.79 Å². The first-order chi connectivity index (χ1) is 7.63. The maximum absolute atomic E-state index is 11.8. The van der Waals surface area contributed by atoms with Crippen molar-refractivity contribution in [2.75, 3.05) is 13.1 Å². The molecule has 0 aliphatic heterocycles. The van der Waals surface area contributed by atoms with Crippen LogP contribution in [0.5, 0.6) is 0 Å². The quantitative estimate of drug-likeness (QED) is 0.621. The third kappa shape index (κ3) is 5.50. The minimum atomic E-state index is 0.000856. The van der Waals surface area contributed by atoms with E-state index in [9.17, 15) is 4.79 Å². The lowest BCUT2D eigenvalue weighted by molar-refractivity contribution is -0.125. The predicted molar refractivity (Wildman–Crippen MR) is 67.0 cm³/mol. The first kappa shape index (κ1) is 13.5. The van der Waals surface area contributed by atoms with Crippen LogP contribution in [0.2, 0.25) is 0 Å². The zero-order chi connectivity index (χ0) is 12.0. The molecule has 0 aromatic rings. The van der Waals surface area contributed by atoms with Crippen LogP contribution in [-0.2, 0) is 4.79 Å². The average Bonchev–Trinajstić information content (AvgIpc) is 3.04. The van der Waals surface area contributed by atoms with Crippen molar-refractivity contribution in [3.8, 4) is 0 Å². The summed E-state index contributed by atoms with van der Waals surface area (Å²) in [4.78, 5) is 11.8. The zero-order valence-corrected chi connectivity index (χ0v) is 10.7. The smallest absolute Gasteiger partial charge is 0.224 e. The van der Waals surface area contributed by atoms with Crippen LogP contribution in [0.4, 0.5) is 0 Å². The fourth-order valence-electron chi connectivity index (χ4n) is 2.03. The Kier molecular flexibility index (Phi) is 5.81. The fourth-order valence-corrected chi connectivity index (χ4v) is 2.03. The zero-order valence-electron chi connectivity index (χ0n) is 10.7. The number of nitrogens with one attached hydrogen (secondary N) is 1. The molecule has 1 amide bonds. The molecule has 1 unspecified atom stereocenters. The van der Waals surface area contributed by atoms with E-state index in [0.29, 0.717) is 12.5 Å². The van der Waals surface area contributed by atoms with Crippen LogP contribution in [0.25, 0.3) is 0 Å². The summed E-state index contributed by atoms with van der Waals surface area (Å²) in [6.45, 7) is 5.54. The molecule has 1 saturated carbocycles. The Balaban J connectivity index is 2.09. The molecule has 1 aliphatic rings. The van der Waals surface area contributed by atoms with Gasteiger partial charge < -0.3 is 11.1 Å². The van der Waals surface area contributed by atoms with E-state index in [1.807, 2.05) is 0 Å². The highest BCUT2D eigenvalue weighted by Gasteiger charge is 2.21. The summed E-state index contributed by atoms with van der Waals surface area (Å²) < 4.78 is 0. The summed E-state index contributed by atoms with van der Waals surface area (Å²) in [6, 6.07) is 0. The molecule has 1 aliphatic carbocycles. The van der Waals surface area contributed by atoms with E-state index in [1.165, 1.54) is 19.3 Å². The van der Waals surface area contributed by atoms with Crippen molar-refractivity contribution in [2.24, 2.45) is 23.5 Å². The van der Waals surface area contributed by atoms with Crippen molar-refractivity contribution in [3.63, 3.8) is 0 Å². The molecule has 0 saturated heterocycles. The van der Waals surface area contributed by atoms with Gasteiger partial charge in [0.05, 0.1) is 5.92 Å². The number of hydrogen-bond acceptors (Lipinski definition) is 2. The number of rotatable bonds is 8. The standard InChI is InChI=1S/C13H26N2O/c1-10(2)8-12(9-14)13(16)15-7-3-4-11-5-6-11/h10-12H,3-9,14H2,1-2H3,(H,15,16). The SMILES string of the molecule is CC(C)CC(CN)C(=O)NCCCC1CC1. The largest absolute Gasteiger partial charge is 0.356 e. The number of hydrogen-bond donors (Lipinski definition) is 2. The summed E-state index contributed by atoms with van der Waals surface area (Å²) in [6.07, 6.45) is 6.08. The minimum Gasteiger partial charge on any atom is -0.356 e. The fraction of sp³-hybridized carbons (Fsp3) is 0.923. The Bertz CT molecular complexity index is 212. The Hall–Kier alpha value is -0.570. The van der Waals surface area contributed by atoms with Gasteiger partial charge in [0.2, 0.25) is 5.91 Å². The lowest BCUT2D eigenvalue weighted by Crippen LogP contribution is -2.36. The topological polar surface area (TPSA) is 55.1 Å². The van der Waals surface area contributed by atoms with Gasteiger partial charge in [-0.25, -0.2) is 0 Å². The molecule has 16 heavy (non-hydrogen) atoms. The summed E-state index contributed by atoms with van der Waals surface area (Å²) in [5, 5.41) is 3.00. The van der Waals surface area contributed by atoms with E-state index in [2.05, 4.69) is 19.2 Å². The molecule has 0 radical (unpaired) electrons. The first-order valence-electron chi connectivity index (χ1n) is 6.61. The highest BCUT2D eigenvalue weighted by atomic mass is 16.1. The Morgan fingerprint density at radius 1 is 1.44 bits per heavy atom. The molecule has 0 aromatic heterocycles. The normalized spacial score (nSPS) is 17.5. The lowest BCUT2D eigenvalue weighted by atomic mass is 9.96. The number of carbonyl (C=O) groups is 1. The van der Waals surface area contributed by atoms with Gasteiger partial charge in [-0.15, -0.1) is 0 Å². The second-order valence-electron chi connectivity index (χ2n) is 5.44. The molecule has 3 nitrogen and oxygen atoms in total. The van der Waals surface area contributed by atoms with Gasteiger partial charge in [-0.2, -0.15) is 0 Å². The van der Waals surface area contributed by atoms with Gasteiger partial charge >= 0.3 is 0 Å². The summed E-state index contributed by atoms with van der Waals surface area (Å²) in [5.74, 6) is 1.64. The molecule has 94 valence electrons. The summed E-state index contributed by atoms with van der Waals surface area (Å²) in [5.41, 5.74) is 5.62. The number of amides is 1. The molecule has 3 heteroatoms. The summed E-state index contributed by atoms with van der Waals surface area (Å²) in [7, 11) is 0. The van der Waals surface area contributed by atoms with Crippen LogP contribution in [0.15, 0.2) is 0 Å². The van der Waals surface area contributed by atoms with Gasteiger partial charge in [-0.1, -0.05) is 26.7 Å². The van der Waals surface area contributed by atoms with Gasteiger partial charge in [-0.3, -0.25) is 4.79 Å². The minimum absolute atomic E-state index is 0.000856. The molecule has 1 fully saturated rings. The van der Waals surface area contributed by atoms with Crippen LogP contribution in [-0.4, -0.2) is 19.0 Å². The number of carbonyl (C=O) groups excluding carboxylic acids is 1. The third-order valence-electron chi connectivity index (χ3n) is 3.20. The molecule has 0 spiro atoms. The van der Waals surface area contributed by atoms with E-state index in [0.717, 1.165) is 25.3 Å². The second kappa shape index (κ2) is 6.89. The van der Waals surface area contributed by atoms with E-state index in [-0.39, 0.29) is 11.8 Å². The maximum atomic E-state index is 11.8. The van der Waals surface area contributed by atoms with Crippen molar-refractivity contribution in [1.29, 1.82) is 0 Å². The van der Waals surface area contributed by atoms with Crippen molar-refractivity contribution in [2.45, 2.75) is 46.0 Å².